The minimum Gasteiger partial charge on any atom is -0.508 e. The molecule has 0 saturated heterocycles. The first-order valence-corrected chi connectivity index (χ1v) is 5.87. The van der Waals surface area contributed by atoms with E-state index in [0.717, 1.165) is 15.7 Å². The van der Waals surface area contributed by atoms with Crippen molar-refractivity contribution in [1.29, 1.82) is 0 Å². The molecule has 2 aromatic rings. The maximum Gasteiger partial charge on any atom is 0.115 e. The van der Waals surface area contributed by atoms with Crippen LogP contribution in [0.2, 0.25) is 0 Å². The molecule has 3 nitrogen and oxygen atoms in total. The Morgan fingerprint density at radius 1 is 1.00 bits per heavy atom. The molecule has 2 N–H and O–H groups in total. The van der Waals surface area contributed by atoms with Gasteiger partial charge in [-0.15, -0.1) is 0 Å². The van der Waals surface area contributed by atoms with Gasteiger partial charge in [0.2, 0.25) is 0 Å². The number of halogens is 1. The van der Waals surface area contributed by atoms with E-state index < -0.39 is 0 Å². The number of benzene rings is 2. The molecular formula is C13H11BrN2O. The van der Waals surface area contributed by atoms with Gasteiger partial charge in [0, 0.05) is 4.47 Å². The summed E-state index contributed by atoms with van der Waals surface area (Å²) in [5.41, 5.74) is 4.76. The SMILES string of the molecule is Oc1ccc(/C=N/Nc2ccc(Br)cc2)cc1. The molecule has 0 aliphatic carbocycles. The summed E-state index contributed by atoms with van der Waals surface area (Å²) in [4.78, 5) is 0. The first-order chi connectivity index (χ1) is 8.24. The molecule has 17 heavy (non-hydrogen) atoms. The van der Waals surface area contributed by atoms with Crippen LogP contribution in [0.3, 0.4) is 0 Å². The lowest BCUT2D eigenvalue weighted by Gasteiger charge is -1.99. The number of hydrogen-bond donors (Lipinski definition) is 2. The Hall–Kier alpha value is -1.81. The fraction of sp³-hybridized carbons (Fsp3) is 0. The third kappa shape index (κ3) is 3.60. The van der Waals surface area contributed by atoms with Gasteiger partial charge in [0.25, 0.3) is 0 Å². The fourth-order valence-electron chi connectivity index (χ4n) is 1.27. The summed E-state index contributed by atoms with van der Waals surface area (Å²) >= 11 is 3.37. The minimum atomic E-state index is 0.253. The summed E-state index contributed by atoms with van der Waals surface area (Å²) in [5.74, 6) is 0.253. The summed E-state index contributed by atoms with van der Waals surface area (Å²) in [6.45, 7) is 0. The van der Waals surface area contributed by atoms with Crippen molar-refractivity contribution in [2.45, 2.75) is 0 Å². The lowest BCUT2D eigenvalue weighted by molar-refractivity contribution is 0.475. The van der Waals surface area contributed by atoms with Crippen molar-refractivity contribution < 1.29 is 5.11 Å². The van der Waals surface area contributed by atoms with Crippen molar-refractivity contribution in [2.75, 3.05) is 5.43 Å². The summed E-state index contributed by atoms with van der Waals surface area (Å²) in [6.07, 6.45) is 1.70. The number of hydrazone groups is 1. The smallest absolute Gasteiger partial charge is 0.115 e. The van der Waals surface area contributed by atoms with E-state index in [9.17, 15) is 0 Å². The normalized spacial score (nSPS) is 10.6. The van der Waals surface area contributed by atoms with Crippen LogP contribution in [0, 0.1) is 0 Å². The quantitative estimate of drug-likeness (QED) is 0.670. The Morgan fingerprint density at radius 2 is 1.65 bits per heavy atom. The summed E-state index contributed by atoms with van der Waals surface area (Å²) in [5, 5.41) is 13.2. The molecule has 2 aromatic carbocycles. The first kappa shape index (κ1) is 11.7. The van der Waals surface area contributed by atoms with Crippen LogP contribution < -0.4 is 5.43 Å². The standard InChI is InChI=1S/C13H11BrN2O/c14-11-3-5-12(6-4-11)16-15-9-10-1-7-13(17)8-2-10/h1-9,16-17H/b15-9+. The Morgan fingerprint density at radius 3 is 2.29 bits per heavy atom. The Kier molecular flexibility index (Phi) is 3.77. The van der Waals surface area contributed by atoms with Crippen molar-refractivity contribution in [3.63, 3.8) is 0 Å². The predicted molar refractivity (Wildman–Crippen MR) is 73.5 cm³/mol. The van der Waals surface area contributed by atoms with Crippen LogP contribution in [-0.4, -0.2) is 11.3 Å². The second-order valence-corrected chi connectivity index (χ2v) is 4.38. The van der Waals surface area contributed by atoms with E-state index in [2.05, 4.69) is 26.5 Å². The predicted octanol–water partition coefficient (Wildman–Crippen LogP) is 3.60. The van der Waals surface area contributed by atoms with E-state index in [0.29, 0.717) is 0 Å². The molecule has 4 heteroatoms. The Labute approximate surface area is 108 Å². The van der Waals surface area contributed by atoms with Crippen LogP contribution in [0.4, 0.5) is 5.69 Å². The van der Waals surface area contributed by atoms with Gasteiger partial charge in [0.05, 0.1) is 11.9 Å². The number of phenols is 1. The molecule has 86 valence electrons. The number of phenolic OH excluding ortho intramolecular Hbond substituents is 1. The summed E-state index contributed by atoms with van der Waals surface area (Å²) in [6, 6.07) is 14.6. The molecule has 0 fully saturated rings. The molecule has 0 saturated carbocycles. The topological polar surface area (TPSA) is 44.6 Å². The third-order valence-electron chi connectivity index (χ3n) is 2.14. The van der Waals surface area contributed by atoms with Crippen LogP contribution >= 0.6 is 15.9 Å². The number of anilines is 1. The largest absolute Gasteiger partial charge is 0.508 e. The van der Waals surface area contributed by atoms with Gasteiger partial charge < -0.3 is 5.11 Å². The van der Waals surface area contributed by atoms with Crippen molar-refractivity contribution in [3.05, 3.63) is 58.6 Å². The van der Waals surface area contributed by atoms with Gasteiger partial charge in [0.1, 0.15) is 5.75 Å². The fourth-order valence-corrected chi connectivity index (χ4v) is 1.53. The van der Waals surface area contributed by atoms with Crippen LogP contribution in [0.15, 0.2) is 58.1 Å². The third-order valence-corrected chi connectivity index (χ3v) is 2.67. The Bertz CT molecular complexity index is 506. The van der Waals surface area contributed by atoms with Gasteiger partial charge in [-0.1, -0.05) is 15.9 Å². The van der Waals surface area contributed by atoms with Crippen molar-refractivity contribution >= 4 is 27.8 Å². The van der Waals surface area contributed by atoms with Crippen molar-refractivity contribution in [3.8, 4) is 5.75 Å². The van der Waals surface area contributed by atoms with E-state index in [-0.39, 0.29) is 5.75 Å². The summed E-state index contributed by atoms with van der Waals surface area (Å²) < 4.78 is 1.03. The molecular weight excluding hydrogens is 280 g/mol. The van der Waals surface area contributed by atoms with Crippen LogP contribution in [0.25, 0.3) is 0 Å². The van der Waals surface area contributed by atoms with E-state index >= 15 is 0 Å². The van der Waals surface area contributed by atoms with Crippen LogP contribution in [0.1, 0.15) is 5.56 Å². The molecule has 0 amide bonds. The van der Waals surface area contributed by atoms with E-state index in [1.165, 1.54) is 0 Å². The number of nitrogens with zero attached hydrogens (tertiary/aromatic N) is 1. The zero-order valence-electron chi connectivity index (χ0n) is 8.97. The summed E-state index contributed by atoms with van der Waals surface area (Å²) in [7, 11) is 0. The van der Waals surface area contributed by atoms with E-state index in [4.69, 9.17) is 5.11 Å². The molecule has 0 radical (unpaired) electrons. The molecule has 0 aromatic heterocycles. The zero-order chi connectivity index (χ0) is 12.1. The van der Waals surface area contributed by atoms with E-state index in [1.54, 1.807) is 30.5 Å². The zero-order valence-corrected chi connectivity index (χ0v) is 10.6. The van der Waals surface area contributed by atoms with Gasteiger partial charge in [-0.2, -0.15) is 5.10 Å². The average Bonchev–Trinajstić information content (AvgIpc) is 2.34. The number of rotatable bonds is 3. The molecule has 0 aliphatic heterocycles. The lowest BCUT2D eigenvalue weighted by atomic mass is 10.2. The van der Waals surface area contributed by atoms with Crippen LogP contribution in [-0.2, 0) is 0 Å². The Balaban J connectivity index is 1.97. The van der Waals surface area contributed by atoms with Gasteiger partial charge in [0.15, 0.2) is 0 Å². The molecule has 0 atom stereocenters. The van der Waals surface area contributed by atoms with Gasteiger partial charge in [-0.25, -0.2) is 0 Å². The molecule has 0 spiro atoms. The maximum absolute atomic E-state index is 9.12. The first-order valence-electron chi connectivity index (χ1n) is 5.08. The highest BCUT2D eigenvalue weighted by Crippen LogP contribution is 2.14. The molecule has 0 aliphatic rings. The monoisotopic (exact) mass is 290 g/mol. The highest BCUT2D eigenvalue weighted by molar-refractivity contribution is 9.10. The average molecular weight is 291 g/mol. The number of nitrogens with one attached hydrogen (secondary N) is 1. The second-order valence-electron chi connectivity index (χ2n) is 3.47. The number of hydrogen-bond acceptors (Lipinski definition) is 3. The minimum absolute atomic E-state index is 0.253. The number of aromatic hydroxyl groups is 1. The van der Waals surface area contributed by atoms with Gasteiger partial charge in [-0.3, -0.25) is 5.43 Å². The van der Waals surface area contributed by atoms with E-state index in [1.807, 2.05) is 24.3 Å². The lowest BCUT2D eigenvalue weighted by Crippen LogP contribution is -1.89. The highest BCUT2D eigenvalue weighted by Gasteiger charge is 1.90. The molecule has 0 unspecified atom stereocenters. The van der Waals surface area contributed by atoms with Crippen molar-refractivity contribution in [1.82, 2.24) is 0 Å². The van der Waals surface area contributed by atoms with Gasteiger partial charge in [-0.05, 0) is 54.1 Å². The highest BCUT2D eigenvalue weighted by atomic mass is 79.9. The second kappa shape index (κ2) is 5.50. The molecule has 0 heterocycles. The van der Waals surface area contributed by atoms with Crippen LogP contribution in [0.5, 0.6) is 5.75 Å². The van der Waals surface area contributed by atoms with Gasteiger partial charge >= 0.3 is 0 Å². The maximum atomic E-state index is 9.12. The molecule has 0 bridgehead atoms. The van der Waals surface area contributed by atoms with Crippen molar-refractivity contribution in [2.24, 2.45) is 5.10 Å². The molecule has 2 rings (SSSR count).